The number of urea groups is 1. The molecular weight excluding hydrogens is 364 g/mol. The summed E-state index contributed by atoms with van der Waals surface area (Å²) in [6, 6.07) is 5.69. The van der Waals surface area contributed by atoms with E-state index in [0.717, 1.165) is 42.5 Å². The van der Waals surface area contributed by atoms with Crippen LogP contribution in [0.2, 0.25) is 5.02 Å². The van der Waals surface area contributed by atoms with Gasteiger partial charge in [0.2, 0.25) is 0 Å². The molecule has 0 spiro atoms. The molecule has 8 heteroatoms. The molecule has 27 heavy (non-hydrogen) atoms. The number of carbonyl (C=O) groups excluding carboxylic acids is 1. The molecule has 4 rings (SSSR count). The molecule has 1 aromatic rings. The number of carbonyl (C=O) groups is 1. The second kappa shape index (κ2) is 7.23. The van der Waals surface area contributed by atoms with Crippen molar-refractivity contribution in [2.75, 3.05) is 38.0 Å². The highest BCUT2D eigenvalue weighted by molar-refractivity contribution is 6.30. The lowest BCUT2D eigenvalue weighted by molar-refractivity contribution is 0.167. The van der Waals surface area contributed by atoms with E-state index in [9.17, 15) is 4.79 Å². The Kier molecular flexibility index (Phi) is 4.78. The van der Waals surface area contributed by atoms with Gasteiger partial charge in [-0.2, -0.15) is 0 Å². The number of anilines is 1. The number of fused-ring (bicyclic) bond motifs is 1. The number of nitrogens with zero attached hydrogens (tertiary/aromatic N) is 5. The Hall–Kier alpha value is -2.54. The van der Waals surface area contributed by atoms with E-state index in [4.69, 9.17) is 11.6 Å². The first kappa shape index (κ1) is 17.9. The highest BCUT2D eigenvalue weighted by atomic mass is 35.5. The van der Waals surface area contributed by atoms with Crippen LogP contribution in [-0.4, -0.2) is 71.7 Å². The maximum absolute atomic E-state index is 12.6. The standard InChI is InChI=1S/C19H23ClN6O/c1-13-9-15(20)3-4-16(13)23-19(27)25-7-5-24(6-8-25)17-10-18-22-14(2)11-26(18)12-21-17/h3-4,9-10,12,14H,5-8,11H2,1-2H3,(H,23,27)/t14-/m1/s1. The molecule has 1 fully saturated rings. The lowest BCUT2D eigenvalue weighted by atomic mass is 10.2. The maximum Gasteiger partial charge on any atom is 0.321 e. The van der Waals surface area contributed by atoms with Gasteiger partial charge in [0.15, 0.2) is 0 Å². The third kappa shape index (κ3) is 3.78. The van der Waals surface area contributed by atoms with E-state index in [-0.39, 0.29) is 6.03 Å². The third-order valence-corrected chi connectivity index (χ3v) is 5.25. The summed E-state index contributed by atoms with van der Waals surface area (Å²) in [7, 11) is 0. The summed E-state index contributed by atoms with van der Waals surface area (Å²) in [6.07, 6.45) is 3.90. The van der Waals surface area contributed by atoms with Crippen LogP contribution in [0.4, 0.5) is 10.5 Å². The van der Waals surface area contributed by atoms with Crippen LogP contribution in [0.1, 0.15) is 12.5 Å². The SMILES string of the molecule is Cc1cc(Cl)ccc1NC(=O)N1CCN(C2=CC3=N[C@H](C)CN3C=N2)CC1. The fourth-order valence-corrected chi connectivity index (χ4v) is 3.73. The molecule has 2 amide bonds. The minimum absolute atomic E-state index is 0.0821. The molecule has 3 heterocycles. The van der Waals surface area contributed by atoms with Crippen molar-refractivity contribution in [3.05, 3.63) is 40.7 Å². The molecule has 3 aliphatic heterocycles. The summed E-state index contributed by atoms with van der Waals surface area (Å²) in [5.74, 6) is 1.90. The Morgan fingerprint density at radius 2 is 2.04 bits per heavy atom. The molecule has 0 aliphatic carbocycles. The first-order valence-corrected chi connectivity index (χ1v) is 9.55. The molecule has 1 atom stereocenters. The average molecular weight is 387 g/mol. The number of aliphatic imine (C=N–C) groups is 2. The van der Waals surface area contributed by atoms with E-state index in [1.54, 1.807) is 6.07 Å². The number of halogens is 1. The molecular formula is C19H23ClN6O. The van der Waals surface area contributed by atoms with Gasteiger partial charge in [-0.05, 0) is 37.6 Å². The molecule has 142 valence electrons. The largest absolute Gasteiger partial charge is 0.353 e. The number of benzene rings is 1. The summed E-state index contributed by atoms with van der Waals surface area (Å²) >= 11 is 5.98. The zero-order valence-electron chi connectivity index (χ0n) is 15.5. The van der Waals surface area contributed by atoms with Gasteiger partial charge in [0, 0.05) is 49.5 Å². The molecule has 0 unspecified atom stereocenters. The number of hydrogen-bond donors (Lipinski definition) is 1. The van der Waals surface area contributed by atoms with Crippen molar-refractivity contribution in [3.63, 3.8) is 0 Å². The monoisotopic (exact) mass is 386 g/mol. The highest BCUT2D eigenvalue weighted by Crippen LogP contribution is 2.21. The van der Waals surface area contributed by atoms with E-state index < -0.39 is 0 Å². The van der Waals surface area contributed by atoms with Crippen molar-refractivity contribution in [2.24, 2.45) is 9.98 Å². The van der Waals surface area contributed by atoms with Crippen molar-refractivity contribution in [2.45, 2.75) is 19.9 Å². The summed E-state index contributed by atoms with van der Waals surface area (Å²) in [4.78, 5) is 27.9. The second-order valence-corrected chi connectivity index (χ2v) is 7.54. The number of amides is 2. The molecule has 0 aromatic heterocycles. The minimum atomic E-state index is -0.0821. The smallest absolute Gasteiger partial charge is 0.321 e. The van der Waals surface area contributed by atoms with Gasteiger partial charge in [0.25, 0.3) is 0 Å². The molecule has 3 aliphatic rings. The van der Waals surface area contributed by atoms with Gasteiger partial charge in [0.1, 0.15) is 11.7 Å². The first-order chi connectivity index (χ1) is 13.0. The van der Waals surface area contributed by atoms with Crippen LogP contribution in [0, 0.1) is 6.92 Å². The first-order valence-electron chi connectivity index (χ1n) is 9.17. The number of aryl methyl sites for hydroxylation is 1. The summed E-state index contributed by atoms with van der Waals surface area (Å²) in [5, 5.41) is 3.64. The normalized spacial score (nSPS) is 21.7. The highest BCUT2D eigenvalue weighted by Gasteiger charge is 2.27. The molecule has 1 aromatic carbocycles. The topological polar surface area (TPSA) is 63.5 Å². The average Bonchev–Trinajstić information content (AvgIpc) is 3.03. The van der Waals surface area contributed by atoms with Crippen LogP contribution in [0.5, 0.6) is 0 Å². The van der Waals surface area contributed by atoms with Gasteiger partial charge < -0.3 is 20.0 Å². The Morgan fingerprint density at radius 1 is 1.26 bits per heavy atom. The number of hydrogen-bond acceptors (Lipinski definition) is 5. The lowest BCUT2D eigenvalue weighted by Gasteiger charge is -2.36. The number of piperazine rings is 1. The second-order valence-electron chi connectivity index (χ2n) is 7.10. The van der Waals surface area contributed by atoms with Crippen LogP contribution in [-0.2, 0) is 0 Å². The lowest BCUT2D eigenvalue weighted by Crippen LogP contribution is -2.50. The molecule has 0 radical (unpaired) electrons. The number of nitrogens with one attached hydrogen (secondary N) is 1. The van der Waals surface area contributed by atoms with E-state index in [1.807, 2.05) is 36.4 Å². The van der Waals surface area contributed by atoms with E-state index in [1.165, 1.54) is 0 Å². The Balaban J connectivity index is 1.35. The molecule has 0 saturated carbocycles. The van der Waals surface area contributed by atoms with Crippen molar-refractivity contribution in [3.8, 4) is 0 Å². The minimum Gasteiger partial charge on any atom is -0.353 e. The zero-order chi connectivity index (χ0) is 19.0. The van der Waals surface area contributed by atoms with Gasteiger partial charge in [0.05, 0.1) is 12.4 Å². The fourth-order valence-electron chi connectivity index (χ4n) is 3.50. The van der Waals surface area contributed by atoms with Gasteiger partial charge >= 0.3 is 6.03 Å². The quantitative estimate of drug-likeness (QED) is 0.850. The summed E-state index contributed by atoms with van der Waals surface area (Å²) in [6.45, 7) is 7.73. The third-order valence-electron chi connectivity index (χ3n) is 5.02. The molecule has 1 saturated heterocycles. The van der Waals surface area contributed by atoms with Gasteiger partial charge in [-0.1, -0.05) is 11.6 Å². The van der Waals surface area contributed by atoms with E-state index in [0.29, 0.717) is 24.2 Å². The van der Waals surface area contributed by atoms with Gasteiger partial charge in [-0.15, -0.1) is 0 Å². The van der Waals surface area contributed by atoms with Crippen LogP contribution in [0.3, 0.4) is 0 Å². The molecule has 0 bridgehead atoms. The fraction of sp³-hybridized carbons (Fsp3) is 0.421. The number of amidine groups is 1. The van der Waals surface area contributed by atoms with Gasteiger partial charge in [-0.25, -0.2) is 9.79 Å². The predicted octanol–water partition coefficient (Wildman–Crippen LogP) is 2.78. The van der Waals surface area contributed by atoms with Crippen LogP contribution in [0.25, 0.3) is 0 Å². The van der Waals surface area contributed by atoms with Crippen LogP contribution in [0.15, 0.2) is 40.1 Å². The Labute approximate surface area is 164 Å². The van der Waals surface area contributed by atoms with E-state index in [2.05, 4.69) is 32.0 Å². The maximum atomic E-state index is 12.6. The Morgan fingerprint density at radius 3 is 2.78 bits per heavy atom. The van der Waals surface area contributed by atoms with Crippen molar-refractivity contribution < 1.29 is 4.79 Å². The van der Waals surface area contributed by atoms with Crippen molar-refractivity contribution >= 4 is 35.5 Å². The van der Waals surface area contributed by atoms with Crippen molar-refractivity contribution in [1.82, 2.24) is 14.7 Å². The van der Waals surface area contributed by atoms with E-state index >= 15 is 0 Å². The van der Waals surface area contributed by atoms with Crippen LogP contribution < -0.4 is 5.32 Å². The van der Waals surface area contributed by atoms with Crippen molar-refractivity contribution in [1.29, 1.82) is 0 Å². The summed E-state index contributed by atoms with van der Waals surface area (Å²) < 4.78 is 0. The van der Waals surface area contributed by atoms with Gasteiger partial charge in [-0.3, -0.25) is 4.99 Å². The Bertz CT molecular complexity index is 841. The van der Waals surface area contributed by atoms with Crippen LogP contribution >= 0.6 is 11.6 Å². The summed E-state index contributed by atoms with van der Waals surface area (Å²) in [5.41, 5.74) is 1.74. The molecule has 1 N–H and O–H groups in total. The predicted molar refractivity (Wildman–Crippen MR) is 109 cm³/mol. The zero-order valence-corrected chi connectivity index (χ0v) is 16.3. The number of rotatable bonds is 2. The molecule has 7 nitrogen and oxygen atoms in total.